The van der Waals surface area contributed by atoms with Gasteiger partial charge in [-0.1, -0.05) is 53.5 Å². The van der Waals surface area contributed by atoms with E-state index < -0.39 is 5.60 Å². The number of benzene rings is 2. The number of aliphatic hydroxyl groups is 1. The maximum Gasteiger partial charge on any atom is 0.0832 e. The molecule has 4 nitrogen and oxygen atoms in total. The molecule has 2 aliphatic rings. The summed E-state index contributed by atoms with van der Waals surface area (Å²) in [5.41, 5.74) is 2.83. The van der Waals surface area contributed by atoms with Crippen molar-refractivity contribution in [3.63, 3.8) is 0 Å². The van der Waals surface area contributed by atoms with E-state index in [9.17, 15) is 5.11 Å². The number of likely N-dealkylation sites (N-methyl/N-ethyl adjacent to an activating group) is 1. The first-order chi connectivity index (χ1) is 14.9. The van der Waals surface area contributed by atoms with Gasteiger partial charge in [-0.05, 0) is 55.1 Å². The molecule has 4 rings (SSSR count). The summed E-state index contributed by atoms with van der Waals surface area (Å²) in [6.45, 7) is 5.27. The Morgan fingerprint density at radius 3 is 2.03 bits per heavy atom. The molecule has 0 amide bonds. The minimum absolute atomic E-state index is 0.160. The van der Waals surface area contributed by atoms with Crippen LogP contribution in [0.3, 0.4) is 0 Å². The molecular weight excluding hydrogens is 478 g/mol. The van der Waals surface area contributed by atoms with Gasteiger partial charge in [-0.15, -0.1) is 0 Å². The molecule has 0 bridgehead atoms. The van der Waals surface area contributed by atoms with Crippen LogP contribution in [0.2, 0.25) is 10.0 Å². The fourth-order valence-electron chi connectivity index (χ4n) is 4.35. The first-order valence-electron chi connectivity index (χ1n) is 10.4. The molecule has 0 aromatic heterocycles. The molecule has 1 heterocycles. The minimum Gasteiger partial charge on any atom is -0.389 e. The third-order valence-corrected chi connectivity index (χ3v) is 7.21. The molecular formula is C23H28Cl4N2O2. The van der Waals surface area contributed by atoms with Gasteiger partial charge in [-0.3, -0.25) is 0 Å². The first kappa shape index (κ1) is 25.1. The zero-order valence-corrected chi connectivity index (χ0v) is 20.6. The number of hydrogen-bond donors (Lipinski definition) is 1. The van der Waals surface area contributed by atoms with Gasteiger partial charge in [0.25, 0.3) is 0 Å². The lowest BCUT2D eigenvalue weighted by Gasteiger charge is -2.46. The lowest BCUT2D eigenvalue weighted by molar-refractivity contribution is -0.0665. The van der Waals surface area contributed by atoms with E-state index in [1.165, 1.54) is 5.56 Å². The van der Waals surface area contributed by atoms with Gasteiger partial charge < -0.3 is 14.9 Å². The number of rotatable bonds is 5. The predicted molar refractivity (Wildman–Crippen MR) is 130 cm³/mol. The van der Waals surface area contributed by atoms with Gasteiger partial charge in [0, 0.05) is 38.6 Å². The zero-order valence-electron chi connectivity index (χ0n) is 17.5. The molecule has 1 aliphatic heterocycles. The molecule has 1 aliphatic carbocycles. The summed E-state index contributed by atoms with van der Waals surface area (Å²) in [5.74, 6) is 0.160. The molecule has 1 saturated carbocycles. The second-order valence-corrected chi connectivity index (χ2v) is 9.70. The van der Waals surface area contributed by atoms with E-state index in [4.69, 9.17) is 23.2 Å². The van der Waals surface area contributed by atoms with E-state index in [2.05, 4.69) is 68.7 Å². The van der Waals surface area contributed by atoms with Gasteiger partial charge in [-0.25, -0.2) is 0 Å². The molecule has 170 valence electrons. The molecule has 8 heteroatoms. The third kappa shape index (κ3) is 6.49. The zero-order chi connectivity index (χ0) is 22.4. The van der Waals surface area contributed by atoms with Crippen LogP contribution in [0.1, 0.15) is 30.7 Å². The molecule has 2 aromatic carbocycles. The van der Waals surface area contributed by atoms with Crippen LogP contribution < -0.4 is 0 Å². The Labute approximate surface area is 204 Å². The highest BCUT2D eigenvalue weighted by Gasteiger charge is 2.43. The molecule has 31 heavy (non-hydrogen) atoms. The summed E-state index contributed by atoms with van der Waals surface area (Å²) in [4.78, 5) is 4.88. The Bertz CT molecular complexity index is 838. The van der Waals surface area contributed by atoms with Crippen molar-refractivity contribution in [1.82, 2.24) is 9.80 Å². The first-order valence-corrected chi connectivity index (χ1v) is 11.8. The predicted octanol–water partition coefficient (Wildman–Crippen LogP) is 6.22. The number of halogens is 4. The van der Waals surface area contributed by atoms with E-state index >= 15 is 0 Å². The normalized spacial score (nSPS) is 19.8. The standard InChI is InChI=1S/C23H28Cl2N2O.Cl2O/c1-26-11-13-27(14-12-26)16-20(23(28)9-2-10-23)18-5-3-17(4-6-18)19-7-8-21(24)22(25)15-19;1-3-2/h3-8,15,20,28H,2,9-14,16H2,1H3;. The fourth-order valence-corrected chi connectivity index (χ4v) is 4.64. The molecule has 2 fully saturated rings. The van der Waals surface area contributed by atoms with Gasteiger partial charge in [0.05, 0.1) is 39.4 Å². The van der Waals surface area contributed by atoms with Crippen molar-refractivity contribution in [2.75, 3.05) is 39.8 Å². The number of nitrogens with zero attached hydrogens (tertiary/aromatic N) is 2. The van der Waals surface area contributed by atoms with Crippen LogP contribution in [0.5, 0.6) is 0 Å². The van der Waals surface area contributed by atoms with E-state index in [1.807, 2.05) is 18.2 Å². The van der Waals surface area contributed by atoms with Crippen LogP contribution in [0.25, 0.3) is 11.1 Å². The summed E-state index contributed by atoms with van der Waals surface area (Å²) < 4.78 is 3.19. The van der Waals surface area contributed by atoms with Gasteiger partial charge in [0.2, 0.25) is 0 Å². The Morgan fingerprint density at radius 2 is 1.52 bits per heavy atom. The van der Waals surface area contributed by atoms with Gasteiger partial charge >= 0.3 is 0 Å². The summed E-state index contributed by atoms with van der Waals surface area (Å²) >= 11 is 20.7. The smallest absolute Gasteiger partial charge is 0.0832 e. The Hall–Kier alpha value is -0.560. The molecule has 1 saturated heterocycles. The van der Waals surface area contributed by atoms with Gasteiger partial charge in [0.15, 0.2) is 0 Å². The summed E-state index contributed by atoms with van der Waals surface area (Å²) in [6.07, 6.45) is 2.93. The Morgan fingerprint density at radius 1 is 0.935 bits per heavy atom. The molecule has 0 spiro atoms. The van der Waals surface area contributed by atoms with Crippen molar-refractivity contribution in [3.05, 3.63) is 58.1 Å². The number of hydrogen-bond acceptors (Lipinski definition) is 4. The molecule has 1 atom stereocenters. The van der Waals surface area contributed by atoms with Crippen LogP contribution in [0.4, 0.5) is 0 Å². The van der Waals surface area contributed by atoms with Gasteiger partial charge in [0.1, 0.15) is 0 Å². The van der Waals surface area contributed by atoms with Crippen molar-refractivity contribution < 1.29 is 8.95 Å². The van der Waals surface area contributed by atoms with E-state index in [1.54, 1.807) is 0 Å². The summed E-state index contributed by atoms with van der Waals surface area (Å²) in [6, 6.07) is 14.3. The minimum atomic E-state index is -0.561. The third-order valence-electron chi connectivity index (χ3n) is 6.47. The summed E-state index contributed by atoms with van der Waals surface area (Å²) in [5, 5.41) is 12.3. The second-order valence-electron chi connectivity index (χ2n) is 8.42. The average Bonchev–Trinajstić information content (AvgIpc) is 2.74. The highest BCUT2D eigenvalue weighted by molar-refractivity contribution is 6.42. The lowest BCUT2D eigenvalue weighted by Crippen LogP contribution is -2.51. The largest absolute Gasteiger partial charge is 0.389 e. The highest BCUT2D eigenvalue weighted by Crippen LogP contribution is 2.44. The van der Waals surface area contributed by atoms with E-state index in [0.29, 0.717) is 10.0 Å². The van der Waals surface area contributed by atoms with Crippen LogP contribution in [-0.2, 0) is 3.84 Å². The van der Waals surface area contributed by atoms with Crippen LogP contribution in [0, 0.1) is 0 Å². The van der Waals surface area contributed by atoms with Crippen LogP contribution in [-0.4, -0.2) is 60.3 Å². The van der Waals surface area contributed by atoms with Gasteiger partial charge in [-0.2, -0.15) is 3.84 Å². The molecule has 2 aromatic rings. The van der Waals surface area contributed by atoms with Crippen molar-refractivity contribution >= 4 is 46.9 Å². The average molecular weight is 506 g/mol. The summed E-state index contributed by atoms with van der Waals surface area (Å²) in [7, 11) is 2.18. The fraction of sp³-hybridized carbons (Fsp3) is 0.478. The van der Waals surface area contributed by atoms with Crippen molar-refractivity contribution in [1.29, 1.82) is 0 Å². The van der Waals surface area contributed by atoms with E-state index in [-0.39, 0.29) is 5.92 Å². The topological polar surface area (TPSA) is 35.9 Å². The quantitative estimate of drug-likeness (QED) is 0.523. The lowest BCUT2D eigenvalue weighted by atomic mass is 9.68. The molecule has 0 radical (unpaired) electrons. The monoisotopic (exact) mass is 504 g/mol. The van der Waals surface area contributed by atoms with Crippen molar-refractivity contribution in [3.8, 4) is 11.1 Å². The van der Waals surface area contributed by atoms with Crippen LogP contribution in [0.15, 0.2) is 42.5 Å². The van der Waals surface area contributed by atoms with Crippen molar-refractivity contribution in [2.45, 2.75) is 30.8 Å². The Kier molecular flexibility index (Phi) is 9.33. The Balaban J connectivity index is 0.000000858. The van der Waals surface area contributed by atoms with E-state index in [0.717, 1.165) is 63.1 Å². The SMILES string of the molecule is CN1CCN(CC(c2ccc(-c3ccc(Cl)c(Cl)c3)cc2)C2(O)CCC2)CC1.ClOCl. The van der Waals surface area contributed by atoms with Crippen LogP contribution >= 0.6 is 46.9 Å². The maximum absolute atomic E-state index is 11.2. The number of piperazine rings is 1. The molecule has 1 unspecified atom stereocenters. The highest BCUT2D eigenvalue weighted by atomic mass is 35.6. The van der Waals surface area contributed by atoms with Crippen molar-refractivity contribution in [2.24, 2.45) is 0 Å². The molecule has 1 N–H and O–H groups in total. The maximum atomic E-state index is 11.2. The second kappa shape index (κ2) is 11.5.